The van der Waals surface area contributed by atoms with Crippen LogP contribution >= 0.6 is 0 Å². The van der Waals surface area contributed by atoms with Gasteiger partial charge in [-0.05, 0) is 37.1 Å². The third kappa shape index (κ3) is 6.46. The quantitative estimate of drug-likeness (QED) is 0.277. The van der Waals surface area contributed by atoms with Crippen LogP contribution in [0.25, 0.3) is 0 Å². The van der Waals surface area contributed by atoms with Gasteiger partial charge in [-0.3, -0.25) is 4.79 Å². The third-order valence-electron chi connectivity index (χ3n) is 4.93. The molecule has 2 nitrogen and oxygen atoms in total. The number of carbonyl (C=O) groups is 1. The first-order valence-corrected chi connectivity index (χ1v) is 11.6. The highest BCUT2D eigenvalue weighted by Gasteiger charge is 2.28. The Morgan fingerprint density at radius 2 is 1.78 bits per heavy atom. The summed E-state index contributed by atoms with van der Waals surface area (Å²) in [5, 5.41) is 0. The average Bonchev–Trinajstić information content (AvgIpc) is 2.57. The minimum absolute atomic E-state index is 0.0453. The summed E-state index contributed by atoms with van der Waals surface area (Å²) < 4.78 is 18.2. The fourth-order valence-electron chi connectivity index (χ4n) is 3.43. The molecule has 1 saturated heterocycles. The van der Waals surface area contributed by atoms with Crippen molar-refractivity contribution in [1.82, 2.24) is 0 Å². The number of benzene rings is 1. The predicted octanol–water partition coefficient (Wildman–Crippen LogP) is 5.34. The molecule has 0 saturated carbocycles. The van der Waals surface area contributed by atoms with Crippen molar-refractivity contribution in [2.45, 2.75) is 70.0 Å². The van der Waals surface area contributed by atoms with Crippen molar-refractivity contribution < 1.29 is 13.9 Å². The molecule has 0 unspecified atom stereocenters. The number of hydrogen-bond donors (Lipinski definition) is 0. The van der Waals surface area contributed by atoms with E-state index in [4.69, 9.17) is 4.74 Å². The molecule has 0 bridgehead atoms. The van der Waals surface area contributed by atoms with Crippen LogP contribution in [-0.4, -0.2) is 14.8 Å². The Hall–Kier alpha value is -1.16. The van der Waals surface area contributed by atoms with Gasteiger partial charge in [0.2, 0.25) is 0 Å². The van der Waals surface area contributed by atoms with Gasteiger partial charge in [0, 0.05) is 8.80 Å². The molecule has 2 rings (SSSR count). The van der Waals surface area contributed by atoms with Crippen molar-refractivity contribution in [3.05, 3.63) is 30.1 Å². The van der Waals surface area contributed by atoms with Crippen LogP contribution in [0.2, 0.25) is 18.1 Å². The summed E-state index contributed by atoms with van der Waals surface area (Å²) in [4.78, 5) is 12.2. The van der Waals surface area contributed by atoms with E-state index in [1.807, 2.05) is 0 Å². The van der Waals surface area contributed by atoms with Crippen LogP contribution in [0.3, 0.4) is 0 Å². The number of rotatable bonds is 8. The first-order chi connectivity index (χ1) is 11.2. The van der Waals surface area contributed by atoms with E-state index in [1.165, 1.54) is 74.5 Å². The molecular formula is C19H29FO2Si. The zero-order chi connectivity index (χ0) is 16.5. The Bertz CT molecular complexity index is 467. The van der Waals surface area contributed by atoms with Crippen LogP contribution in [0, 0.1) is 11.7 Å². The van der Waals surface area contributed by atoms with Crippen molar-refractivity contribution in [3.63, 3.8) is 0 Å². The number of unbranched alkanes of at least 4 members (excludes halogenated alkanes) is 4. The van der Waals surface area contributed by atoms with Crippen molar-refractivity contribution >= 4 is 14.8 Å². The van der Waals surface area contributed by atoms with Crippen LogP contribution in [-0.2, 0) is 4.79 Å². The topological polar surface area (TPSA) is 26.3 Å². The molecule has 0 aliphatic carbocycles. The van der Waals surface area contributed by atoms with Crippen molar-refractivity contribution in [2.24, 2.45) is 5.92 Å². The summed E-state index contributed by atoms with van der Waals surface area (Å²) in [6, 6.07) is 9.68. The zero-order valence-corrected chi connectivity index (χ0v) is 15.4. The van der Waals surface area contributed by atoms with E-state index in [1.54, 1.807) is 0 Å². The smallest absolute Gasteiger partial charge is 0.314 e. The van der Waals surface area contributed by atoms with E-state index < -0.39 is 8.80 Å². The molecule has 1 aromatic rings. The number of ether oxygens (including phenoxy) is 1. The third-order valence-corrected chi connectivity index (χ3v) is 8.45. The average molecular weight is 337 g/mol. The standard InChI is InChI=1S/C19H29FO2Si/c1-2-3-4-5-6-13-23-14-11-16(12-15-23)19(21)22-18-9-7-17(20)8-10-18/h7-10,16,23H,2-6,11-15H2,1H3/t16-,23-. The van der Waals surface area contributed by atoms with Gasteiger partial charge in [-0.25, -0.2) is 4.39 Å². The van der Waals surface area contributed by atoms with Crippen LogP contribution < -0.4 is 4.74 Å². The van der Waals surface area contributed by atoms with Crippen LogP contribution in [0.4, 0.5) is 4.39 Å². The van der Waals surface area contributed by atoms with Gasteiger partial charge in [0.05, 0.1) is 5.92 Å². The zero-order valence-electron chi connectivity index (χ0n) is 14.2. The largest absolute Gasteiger partial charge is 0.426 e. The van der Waals surface area contributed by atoms with E-state index >= 15 is 0 Å². The first kappa shape index (κ1) is 18.2. The highest BCUT2D eigenvalue weighted by atomic mass is 28.3. The lowest BCUT2D eigenvalue weighted by molar-refractivity contribution is -0.139. The van der Waals surface area contributed by atoms with E-state index in [9.17, 15) is 9.18 Å². The maximum atomic E-state index is 12.9. The molecule has 23 heavy (non-hydrogen) atoms. The molecule has 1 aliphatic rings. The molecule has 128 valence electrons. The molecule has 0 amide bonds. The molecule has 1 aliphatic heterocycles. The molecule has 1 heterocycles. The van der Waals surface area contributed by atoms with Gasteiger partial charge in [0.1, 0.15) is 11.6 Å². The van der Waals surface area contributed by atoms with Gasteiger partial charge in [-0.1, -0.05) is 57.2 Å². The normalized spacial score (nSPS) is 21.1. The molecule has 0 N–H and O–H groups in total. The lowest BCUT2D eigenvalue weighted by Gasteiger charge is -2.26. The first-order valence-electron chi connectivity index (χ1n) is 9.16. The van der Waals surface area contributed by atoms with Crippen molar-refractivity contribution in [3.8, 4) is 5.75 Å². The molecule has 0 aromatic heterocycles. The van der Waals surface area contributed by atoms with Gasteiger partial charge in [0.15, 0.2) is 0 Å². The molecule has 1 fully saturated rings. The minimum Gasteiger partial charge on any atom is -0.426 e. The summed E-state index contributed by atoms with van der Waals surface area (Å²) in [5.74, 6) is 0.0536. The highest BCUT2D eigenvalue weighted by Crippen LogP contribution is 2.29. The summed E-state index contributed by atoms with van der Waals surface area (Å²) >= 11 is 0. The number of carbonyl (C=O) groups excluding carboxylic acids is 1. The minimum atomic E-state index is -0.606. The molecule has 4 heteroatoms. The van der Waals surface area contributed by atoms with Gasteiger partial charge >= 0.3 is 5.97 Å². The molecule has 0 spiro atoms. The fourth-order valence-corrected chi connectivity index (χ4v) is 6.91. The van der Waals surface area contributed by atoms with E-state index in [0.29, 0.717) is 5.75 Å². The van der Waals surface area contributed by atoms with Gasteiger partial charge in [-0.15, -0.1) is 0 Å². The molecule has 1 aromatic carbocycles. The fraction of sp³-hybridized carbons (Fsp3) is 0.632. The lowest BCUT2D eigenvalue weighted by Crippen LogP contribution is -2.28. The summed E-state index contributed by atoms with van der Waals surface area (Å²) in [6.07, 6.45) is 8.80. The number of hydrogen-bond acceptors (Lipinski definition) is 2. The molecule has 0 atom stereocenters. The Labute approximate surface area is 141 Å². The summed E-state index contributed by atoms with van der Waals surface area (Å²) in [5.41, 5.74) is 0. The second-order valence-electron chi connectivity index (χ2n) is 6.80. The van der Waals surface area contributed by atoms with Gasteiger partial charge in [0.25, 0.3) is 0 Å². The Balaban J connectivity index is 1.65. The lowest BCUT2D eigenvalue weighted by atomic mass is 10.0. The second-order valence-corrected chi connectivity index (χ2v) is 10.3. The Kier molecular flexibility index (Phi) is 7.79. The summed E-state index contributed by atoms with van der Waals surface area (Å²) in [7, 11) is -0.606. The number of halogens is 1. The second kappa shape index (κ2) is 9.86. The Morgan fingerprint density at radius 1 is 1.13 bits per heavy atom. The number of esters is 1. The van der Waals surface area contributed by atoms with Crippen LogP contribution in [0.5, 0.6) is 5.75 Å². The monoisotopic (exact) mass is 336 g/mol. The molecule has 0 radical (unpaired) electrons. The predicted molar refractivity (Wildman–Crippen MR) is 95.1 cm³/mol. The summed E-state index contributed by atoms with van der Waals surface area (Å²) in [6.45, 7) is 2.25. The molecular weight excluding hydrogens is 307 g/mol. The van der Waals surface area contributed by atoms with E-state index in [0.717, 1.165) is 12.8 Å². The van der Waals surface area contributed by atoms with E-state index in [-0.39, 0.29) is 17.7 Å². The van der Waals surface area contributed by atoms with Gasteiger partial charge in [-0.2, -0.15) is 0 Å². The highest BCUT2D eigenvalue weighted by molar-refractivity contribution is 6.59. The van der Waals surface area contributed by atoms with E-state index in [2.05, 4.69) is 6.92 Å². The Morgan fingerprint density at radius 3 is 2.43 bits per heavy atom. The maximum Gasteiger partial charge on any atom is 0.314 e. The van der Waals surface area contributed by atoms with Crippen molar-refractivity contribution in [2.75, 3.05) is 0 Å². The van der Waals surface area contributed by atoms with Crippen LogP contribution in [0.1, 0.15) is 51.9 Å². The van der Waals surface area contributed by atoms with Crippen molar-refractivity contribution in [1.29, 1.82) is 0 Å². The maximum absolute atomic E-state index is 12.9. The SMILES string of the molecule is CCCCCCC[Si@H]1CC[C@H](C(=O)Oc2ccc(F)cc2)CC1. The van der Waals surface area contributed by atoms with Gasteiger partial charge < -0.3 is 4.74 Å². The van der Waals surface area contributed by atoms with Crippen LogP contribution in [0.15, 0.2) is 24.3 Å².